The Kier molecular flexibility index (Phi) is 4.39. The third-order valence-corrected chi connectivity index (χ3v) is 4.28. The number of amides is 1. The average molecular weight is 326 g/mol. The lowest BCUT2D eigenvalue weighted by atomic mass is 10.1. The fraction of sp³-hybridized carbons (Fsp3) is 0.450. The summed E-state index contributed by atoms with van der Waals surface area (Å²) in [6.07, 6.45) is -0.212. The molecule has 0 saturated carbocycles. The number of fused-ring (bicyclic) bond motifs is 1. The van der Waals surface area contributed by atoms with E-state index in [2.05, 4.69) is 48.2 Å². The molecule has 4 nitrogen and oxygen atoms in total. The van der Waals surface area contributed by atoms with Crippen LogP contribution < -0.4 is 4.90 Å². The van der Waals surface area contributed by atoms with Crippen molar-refractivity contribution in [3.63, 3.8) is 0 Å². The Bertz CT molecular complexity index is 741. The highest BCUT2D eigenvalue weighted by atomic mass is 16.6. The van der Waals surface area contributed by atoms with E-state index in [-0.39, 0.29) is 6.09 Å². The lowest BCUT2D eigenvalue weighted by Crippen LogP contribution is -2.50. The van der Waals surface area contributed by atoms with Gasteiger partial charge in [-0.15, -0.1) is 0 Å². The highest BCUT2D eigenvalue weighted by molar-refractivity contribution is 5.86. The van der Waals surface area contributed by atoms with Crippen molar-refractivity contribution < 1.29 is 9.53 Å². The topological polar surface area (TPSA) is 32.8 Å². The van der Waals surface area contributed by atoms with Crippen molar-refractivity contribution in [1.82, 2.24) is 4.90 Å². The number of piperazine rings is 1. The largest absolute Gasteiger partial charge is 0.444 e. The Morgan fingerprint density at radius 2 is 1.58 bits per heavy atom. The molecule has 0 atom stereocenters. The van der Waals surface area contributed by atoms with Crippen LogP contribution in [-0.4, -0.2) is 42.8 Å². The van der Waals surface area contributed by atoms with Crippen molar-refractivity contribution in [2.24, 2.45) is 0 Å². The van der Waals surface area contributed by atoms with E-state index in [0.29, 0.717) is 13.1 Å². The van der Waals surface area contributed by atoms with Crippen molar-refractivity contribution in [2.45, 2.75) is 33.3 Å². The van der Waals surface area contributed by atoms with Gasteiger partial charge in [0.25, 0.3) is 0 Å². The maximum absolute atomic E-state index is 12.1. The number of rotatable bonds is 1. The van der Waals surface area contributed by atoms with Crippen molar-refractivity contribution in [1.29, 1.82) is 0 Å². The quantitative estimate of drug-likeness (QED) is 0.787. The summed E-state index contributed by atoms with van der Waals surface area (Å²) in [5.74, 6) is 0. The smallest absolute Gasteiger partial charge is 0.410 e. The van der Waals surface area contributed by atoms with Gasteiger partial charge in [-0.3, -0.25) is 0 Å². The third kappa shape index (κ3) is 3.81. The Labute approximate surface area is 144 Å². The lowest BCUT2D eigenvalue weighted by molar-refractivity contribution is 0.0240. The summed E-state index contributed by atoms with van der Waals surface area (Å²) < 4.78 is 5.46. The normalized spacial score (nSPS) is 15.7. The van der Waals surface area contributed by atoms with Crippen LogP contribution in [0.3, 0.4) is 0 Å². The molecule has 1 aliphatic heterocycles. The van der Waals surface area contributed by atoms with E-state index in [4.69, 9.17) is 4.74 Å². The van der Waals surface area contributed by atoms with Crippen molar-refractivity contribution >= 4 is 22.6 Å². The Morgan fingerprint density at radius 1 is 0.958 bits per heavy atom. The number of carbonyl (C=O) groups excluding carboxylic acids is 1. The van der Waals surface area contributed by atoms with Crippen LogP contribution in [0.4, 0.5) is 10.5 Å². The van der Waals surface area contributed by atoms with Crippen LogP contribution in [0.2, 0.25) is 0 Å². The molecule has 128 valence electrons. The predicted octanol–water partition coefficient (Wildman–Crippen LogP) is 4.21. The van der Waals surface area contributed by atoms with E-state index in [1.54, 1.807) is 4.90 Å². The zero-order chi connectivity index (χ0) is 17.3. The van der Waals surface area contributed by atoms with Gasteiger partial charge in [0.15, 0.2) is 0 Å². The number of hydrogen-bond donors (Lipinski definition) is 0. The van der Waals surface area contributed by atoms with Crippen LogP contribution >= 0.6 is 0 Å². The molecule has 0 aliphatic carbocycles. The molecule has 0 spiro atoms. The second kappa shape index (κ2) is 6.34. The molecule has 1 heterocycles. The highest BCUT2D eigenvalue weighted by Crippen LogP contribution is 2.24. The van der Waals surface area contributed by atoms with Crippen molar-refractivity contribution in [3.05, 3.63) is 42.0 Å². The number of nitrogens with zero attached hydrogens (tertiary/aromatic N) is 2. The van der Waals surface area contributed by atoms with Gasteiger partial charge in [-0.25, -0.2) is 4.79 Å². The Balaban J connectivity index is 1.66. The van der Waals surface area contributed by atoms with Crippen LogP contribution in [0, 0.1) is 6.92 Å². The van der Waals surface area contributed by atoms with Gasteiger partial charge in [0.1, 0.15) is 5.60 Å². The van der Waals surface area contributed by atoms with E-state index >= 15 is 0 Å². The van der Waals surface area contributed by atoms with Crippen molar-refractivity contribution in [3.8, 4) is 0 Å². The van der Waals surface area contributed by atoms with Crippen LogP contribution in [0.15, 0.2) is 36.4 Å². The van der Waals surface area contributed by atoms with E-state index < -0.39 is 5.60 Å². The second-order valence-corrected chi connectivity index (χ2v) is 7.49. The molecule has 2 aromatic carbocycles. The summed E-state index contributed by atoms with van der Waals surface area (Å²) in [4.78, 5) is 16.3. The van der Waals surface area contributed by atoms with E-state index in [1.807, 2.05) is 20.8 Å². The number of anilines is 1. The summed E-state index contributed by atoms with van der Waals surface area (Å²) in [5, 5.41) is 2.53. The molecule has 2 aromatic rings. The minimum atomic E-state index is -0.440. The standard InChI is InChI=1S/C20H26N2O2/c1-15-5-6-17-14-18(8-7-16(17)13-15)21-9-11-22(12-10-21)19(23)24-20(2,3)4/h5-8,13-14H,9-12H2,1-4H3. The summed E-state index contributed by atoms with van der Waals surface area (Å²) in [6, 6.07) is 13.1. The zero-order valence-corrected chi connectivity index (χ0v) is 15.0. The van der Waals surface area contributed by atoms with Crippen LogP contribution in [0.1, 0.15) is 26.3 Å². The minimum Gasteiger partial charge on any atom is -0.444 e. The zero-order valence-electron chi connectivity index (χ0n) is 15.0. The van der Waals surface area contributed by atoms with Crippen LogP contribution in [0.25, 0.3) is 10.8 Å². The van der Waals surface area contributed by atoms with Gasteiger partial charge in [0, 0.05) is 31.9 Å². The van der Waals surface area contributed by atoms with Gasteiger partial charge < -0.3 is 14.5 Å². The van der Waals surface area contributed by atoms with E-state index in [1.165, 1.54) is 22.0 Å². The summed E-state index contributed by atoms with van der Waals surface area (Å²) >= 11 is 0. The molecule has 0 radical (unpaired) electrons. The SMILES string of the molecule is Cc1ccc2cc(N3CCN(C(=O)OC(C)(C)C)CC3)ccc2c1. The first-order valence-corrected chi connectivity index (χ1v) is 8.55. The highest BCUT2D eigenvalue weighted by Gasteiger charge is 2.25. The molecule has 0 aromatic heterocycles. The Hall–Kier alpha value is -2.23. The van der Waals surface area contributed by atoms with Gasteiger partial charge in [0.2, 0.25) is 0 Å². The number of carbonyl (C=O) groups is 1. The molecule has 4 heteroatoms. The number of benzene rings is 2. The molecule has 1 aliphatic rings. The molecule has 24 heavy (non-hydrogen) atoms. The van der Waals surface area contributed by atoms with E-state index in [0.717, 1.165) is 13.1 Å². The molecular formula is C20H26N2O2. The molecule has 0 bridgehead atoms. The first-order chi connectivity index (χ1) is 11.3. The van der Waals surface area contributed by atoms with Gasteiger partial charge in [-0.05, 0) is 50.6 Å². The number of aryl methyl sites for hydroxylation is 1. The fourth-order valence-electron chi connectivity index (χ4n) is 3.02. The first kappa shape index (κ1) is 16.6. The van der Waals surface area contributed by atoms with E-state index in [9.17, 15) is 4.79 Å². The molecular weight excluding hydrogens is 300 g/mol. The predicted molar refractivity (Wildman–Crippen MR) is 98.7 cm³/mol. The van der Waals surface area contributed by atoms with Crippen LogP contribution in [0.5, 0.6) is 0 Å². The average Bonchev–Trinajstić information content (AvgIpc) is 2.53. The second-order valence-electron chi connectivity index (χ2n) is 7.49. The van der Waals surface area contributed by atoms with Gasteiger partial charge in [-0.1, -0.05) is 29.8 Å². The number of ether oxygens (including phenoxy) is 1. The summed E-state index contributed by atoms with van der Waals surface area (Å²) in [7, 11) is 0. The molecule has 0 unspecified atom stereocenters. The molecule has 1 fully saturated rings. The first-order valence-electron chi connectivity index (χ1n) is 8.55. The number of hydrogen-bond acceptors (Lipinski definition) is 3. The molecule has 0 N–H and O–H groups in total. The Morgan fingerprint density at radius 3 is 2.25 bits per heavy atom. The maximum atomic E-state index is 12.1. The van der Waals surface area contributed by atoms with Gasteiger partial charge >= 0.3 is 6.09 Å². The molecule has 3 rings (SSSR count). The van der Waals surface area contributed by atoms with Crippen LogP contribution in [-0.2, 0) is 4.74 Å². The summed E-state index contributed by atoms with van der Waals surface area (Å²) in [5.41, 5.74) is 2.06. The molecule has 1 amide bonds. The molecule has 1 saturated heterocycles. The van der Waals surface area contributed by atoms with Gasteiger partial charge in [-0.2, -0.15) is 0 Å². The summed E-state index contributed by atoms with van der Waals surface area (Å²) in [6.45, 7) is 10.9. The van der Waals surface area contributed by atoms with Crippen molar-refractivity contribution in [2.75, 3.05) is 31.1 Å². The van der Waals surface area contributed by atoms with Gasteiger partial charge in [0.05, 0.1) is 0 Å². The minimum absolute atomic E-state index is 0.212. The third-order valence-electron chi connectivity index (χ3n) is 4.28. The fourth-order valence-corrected chi connectivity index (χ4v) is 3.02. The lowest BCUT2D eigenvalue weighted by Gasteiger charge is -2.36. The monoisotopic (exact) mass is 326 g/mol. The maximum Gasteiger partial charge on any atom is 0.410 e.